The zero-order valence-electron chi connectivity index (χ0n) is 10.5. The standard InChI is InChI=1S/C14H18O3S/c1-18-11-7-5-6-10(15)12(11)14(13(16)17)8-3-2-4-9-14/h5-7,15H,2-4,8-9H2,1H3,(H,16,17). The largest absolute Gasteiger partial charge is 0.508 e. The average molecular weight is 266 g/mol. The van der Waals surface area contributed by atoms with E-state index in [9.17, 15) is 15.0 Å². The van der Waals surface area contributed by atoms with Gasteiger partial charge in [-0.25, -0.2) is 0 Å². The van der Waals surface area contributed by atoms with E-state index in [-0.39, 0.29) is 5.75 Å². The third-order valence-corrected chi connectivity index (χ3v) is 4.60. The summed E-state index contributed by atoms with van der Waals surface area (Å²) in [5.74, 6) is -0.690. The van der Waals surface area contributed by atoms with E-state index in [0.717, 1.165) is 24.2 Å². The van der Waals surface area contributed by atoms with E-state index in [0.29, 0.717) is 18.4 Å². The first-order chi connectivity index (χ1) is 8.62. The van der Waals surface area contributed by atoms with Crippen LogP contribution in [0.15, 0.2) is 23.1 Å². The van der Waals surface area contributed by atoms with Crippen molar-refractivity contribution in [2.45, 2.75) is 42.4 Å². The van der Waals surface area contributed by atoms with Crippen LogP contribution in [-0.4, -0.2) is 22.4 Å². The highest BCUT2D eigenvalue weighted by molar-refractivity contribution is 7.98. The zero-order chi connectivity index (χ0) is 13.2. The van der Waals surface area contributed by atoms with Gasteiger partial charge in [0.2, 0.25) is 0 Å². The Morgan fingerprint density at radius 2 is 1.94 bits per heavy atom. The van der Waals surface area contributed by atoms with Crippen LogP contribution in [0.2, 0.25) is 0 Å². The highest BCUT2D eigenvalue weighted by Crippen LogP contribution is 2.46. The lowest BCUT2D eigenvalue weighted by molar-refractivity contribution is -0.145. The molecule has 1 aromatic rings. The van der Waals surface area contributed by atoms with Crippen LogP contribution in [-0.2, 0) is 10.2 Å². The Morgan fingerprint density at radius 1 is 1.28 bits per heavy atom. The van der Waals surface area contributed by atoms with Gasteiger partial charge in [-0.2, -0.15) is 0 Å². The first-order valence-corrected chi connectivity index (χ1v) is 7.44. The second kappa shape index (κ2) is 5.22. The quantitative estimate of drug-likeness (QED) is 0.823. The van der Waals surface area contributed by atoms with E-state index in [1.165, 1.54) is 11.8 Å². The Labute approximate surface area is 111 Å². The van der Waals surface area contributed by atoms with E-state index in [2.05, 4.69) is 0 Å². The summed E-state index contributed by atoms with van der Waals surface area (Å²) in [6, 6.07) is 5.25. The maximum absolute atomic E-state index is 11.8. The van der Waals surface area contributed by atoms with Gasteiger partial charge in [-0.3, -0.25) is 4.79 Å². The third-order valence-electron chi connectivity index (χ3n) is 3.82. The topological polar surface area (TPSA) is 57.5 Å². The molecule has 0 amide bonds. The van der Waals surface area contributed by atoms with Crippen molar-refractivity contribution in [1.29, 1.82) is 0 Å². The summed E-state index contributed by atoms with van der Waals surface area (Å²) in [6.45, 7) is 0. The normalized spacial score (nSPS) is 18.5. The second-order valence-corrected chi connectivity index (χ2v) is 5.65. The number of aromatic hydroxyl groups is 1. The molecular weight excluding hydrogens is 248 g/mol. The molecule has 1 aromatic carbocycles. The van der Waals surface area contributed by atoms with Crippen molar-refractivity contribution in [2.24, 2.45) is 0 Å². The fraction of sp³-hybridized carbons (Fsp3) is 0.500. The second-order valence-electron chi connectivity index (χ2n) is 4.80. The van der Waals surface area contributed by atoms with Gasteiger partial charge in [-0.05, 0) is 31.2 Å². The fourth-order valence-corrected chi connectivity index (χ4v) is 3.62. The first kappa shape index (κ1) is 13.3. The molecule has 0 saturated heterocycles. The fourth-order valence-electron chi connectivity index (χ4n) is 2.90. The Hall–Kier alpha value is -1.16. The molecule has 0 atom stereocenters. The molecule has 3 nitrogen and oxygen atoms in total. The Morgan fingerprint density at radius 3 is 2.50 bits per heavy atom. The predicted octanol–water partition coefficient (Wildman–Crippen LogP) is 3.40. The van der Waals surface area contributed by atoms with Gasteiger partial charge in [0.25, 0.3) is 0 Å². The maximum Gasteiger partial charge on any atom is 0.314 e. The van der Waals surface area contributed by atoms with Gasteiger partial charge < -0.3 is 10.2 Å². The molecule has 98 valence electrons. The molecule has 0 unspecified atom stereocenters. The van der Waals surface area contributed by atoms with Gasteiger partial charge in [0.1, 0.15) is 5.75 Å². The number of hydrogen-bond donors (Lipinski definition) is 2. The highest BCUT2D eigenvalue weighted by atomic mass is 32.2. The van der Waals surface area contributed by atoms with E-state index in [4.69, 9.17) is 0 Å². The summed E-state index contributed by atoms with van der Waals surface area (Å²) in [5, 5.41) is 19.8. The minimum atomic E-state index is -0.901. The van der Waals surface area contributed by atoms with Crippen molar-refractivity contribution in [3.8, 4) is 5.75 Å². The summed E-state index contributed by atoms with van der Waals surface area (Å²) in [4.78, 5) is 12.7. The zero-order valence-corrected chi connectivity index (χ0v) is 11.3. The van der Waals surface area contributed by atoms with Crippen molar-refractivity contribution >= 4 is 17.7 Å². The van der Waals surface area contributed by atoms with Gasteiger partial charge in [0.05, 0.1) is 5.41 Å². The lowest BCUT2D eigenvalue weighted by Crippen LogP contribution is -2.38. The van der Waals surface area contributed by atoms with Crippen molar-refractivity contribution in [2.75, 3.05) is 6.26 Å². The number of aliphatic carboxylic acids is 1. The highest BCUT2D eigenvalue weighted by Gasteiger charge is 2.44. The van der Waals surface area contributed by atoms with Crippen LogP contribution in [0.4, 0.5) is 0 Å². The lowest BCUT2D eigenvalue weighted by atomic mass is 9.69. The van der Waals surface area contributed by atoms with Crippen LogP contribution in [0.1, 0.15) is 37.7 Å². The number of phenols is 1. The molecule has 0 heterocycles. The smallest absolute Gasteiger partial charge is 0.314 e. The lowest BCUT2D eigenvalue weighted by Gasteiger charge is -2.35. The molecule has 0 bridgehead atoms. The molecular formula is C14H18O3S. The number of benzene rings is 1. The minimum absolute atomic E-state index is 0.117. The molecule has 0 radical (unpaired) electrons. The third kappa shape index (κ3) is 2.09. The summed E-state index contributed by atoms with van der Waals surface area (Å²) in [7, 11) is 0. The van der Waals surface area contributed by atoms with Crippen LogP contribution < -0.4 is 0 Å². The Bertz CT molecular complexity index is 450. The van der Waals surface area contributed by atoms with Gasteiger partial charge >= 0.3 is 5.97 Å². The molecule has 0 spiro atoms. The van der Waals surface area contributed by atoms with Crippen molar-refractivity contribution < 1.29 is 15.0 Å². The minimum Gasteiger partial charge on any atom is -0.508 e. The van der Waals surface area contributed by atoms with Crippen LogP contribution in [0.25, 0.3) is 0 Å². The number of hydrogen-bond acceptors (Lipinski definition) is 3. The van der Waals surface area contributed by atoms with Crippen LogP contribution in [0.3, 0.4) is 0 Å². The molecule has 2 N–H and O–H groups in total. The first-order valence-electron chi connectivity index (χ1n) is 6.21. The number of rotatable bonds is 3. The monoisotopic (exact) mass is 266 g/mol. The molecule has 1 fully saturated rings. The van der Waals surface area contributed by atoms with Crippen LogP contribution in [0.5, 0.6) is 5.75 Å². The maximum atomic E-state index is 11.8. The van der Waals surface area contributed by atoms with Crippen molar-refractivity contribution in [3.63, 3.8) is 0 Å². The van der Waals surface area contributed by atoms with E-state index < -0.39 is 11.4 Å². The molecule has 1 saturated carbocycles. The van der Waals surface area contributed by atoms with Crippen molar-refractivity contribution in [1.82, 2.24) is 0 Å². The van der Waals surface area contributed by atoms with E-state index >= 15 is 0 Å². The van der Waals surface area contributed by atoms with Gasteiger partial charge in [-0.1, -0.05) is 25.3 Å². The SMILES string of the molecule is CSc1cccc(O)c1C1(C(=O)O)CCCCC1. The number of carboxylic acids is 1. The molecule has 1 aliphatic rings. The Kier molecular flexibility index (Phi) is 3.85. The molecule has 0 aromatic heterocycles. The van der Waals surface area contributed by atoms with Crippen LogP contribution in [0, 0.1) is 0 Å². The summed E-state index contributed by atoms with van der Waals surface area (Å²) < 4.78 is 0. The number of carbonyl (C=O) groups is 1. The summed E-state index contributed by atoms with van der Waals surface area (Å²) >= 11 is 1.50. The van der Waals surface area contributed by atoms with Gasteiger partial charge in [0, 0.05) is 10.5 Å². The van der Waals surface area contributed by atoms with Gasteiger partial charge in [-0.15, -0.1) is 11.8 Å². The number of phenolic OH excluding ortho intramolecular Hbond substituents is 1. The summed E-state index contributed by atoms with van der Waals surface area (Å²) in [5.41, 5.74) is -0.285. The van der Waals surface area contributed by atoms with E-state index in [1.54, 1.807) is 12.1 Å². The number of carboxylic acid groups (broad SMARTS) is 1. The predicted molar refractivity (Wildman–Crippen MR) is 72.3 cm³/mol. The molecule has 4 heteroatoms. The van der Waals surface area contributed by atoms with Crippen LogP contribution >= 0.6 is 11.8 Å². The molecule has 1 aliphatic carbocycles. The average Bonchev–Trinajstić information content (AvgIpc) is 2.39. The van der Waals surface area contributed by atoms with Gasteiger partial charge in [0.15, 0.2) is 0 Å². The Balaban J connectivity index is 2.58. The molecule has 0 aliphatic heterocycles. The molecule has 18 heavy (non-hydrogen) atoms. The van der Waals surface area contributed by atoms with E-state index in [1.807, 2.05) is 12.3 Å². The molecule has 2 rings (SSSR count). The number of thioether (sulfide) groups is 1. The van der Waals surface area contributed by atoms with Crippen molar-refractivity contribution in [3.05, 3.63) is 23.8 Å². The summed E-state index contributed by atoms with van der Waals surface area (Å²) in [6.07, 6.45) is 6.05.